The van der Waals surface area contributed by atoms with Crippen molar-refractivity contribution in [3.8, 4) is 0 Å². The molecule has 6 heteroatoms. The van der Waals surface area contributed by atoms with E-state index in [9.17, 15) is 19.8 Å². The summed E-state index contributed by atoms with van der Waals surface area (Å²) in [6.07, 6.45) is 86.1. The van der Waals surface area contributed by atoms with Gasteiger partial charge in [0, 0.05) is 12.8 Å². The fourth-order valence-electron chi connectivity index (χ4n) is 10.5. The van der Waals surface area contributed by atoms with E-state index >= 15 is 0 Å². The van der Waals surface area contributed by atoms with Crippen LogP contribution in [-0.4, -0.2) is 47.4 Å². The van der Waals surface area contributed by atoms with Crippen LogP contribution in [0.1, 0.15) is 367 Å². The van der Waals surface area contributed by atoms with Crippen LogP contribution in [0.4, 0.5) is 0 Å². The van der Waals surface area contributed by atoms with Crippen LogP contribution in [0, 0.1) is 0 Å². The van der Waals surface area contributed by atoms with Gasteiger partial charge in [0.15, 0.2) is 0 Å². The molecule has 0 heterocycles. The molecule has 1 amide bonds. The maximum atomic E-state index is 12.5. The number of aliphatic hydroxyl groups is 2. The highest BCUT2D eigenvalue weighted by Gasteiger charge is 2.18. The van der Waals surface area contributed by atoms with E-state index in [4.69, 9.17) is 4.74 Å². The molecule has 0 fully saturated rings. The number of carbonyl (C=O) groups excluding carboxylic acids is 2. The van der Waals surface area contributed by atoms with Crippen LogP contribution in [0.2, 0.25) is 0 Å². The van der Waals surface area contributed by atoms with Crippen LogP contribution in [-0.2, 0) is 14.3 Å². The Hall–Kier alpha value is -2.18. The molecule has 0 rings (SSSR count). The largest absolute Gasteiger partial charge is 0.466 e. The lowest BCUT2D eigenvalue weighted by Crippen LogP contribution is -2.45. The van der Waals surface area contributed by atoms with Gasteiger partial charge in [0.2, 0.25) is 5.91 Å². The highest BCUT2D eigenvalue weighted by atomic mass is 16.5. The predicted molar refractivity (Wildman–Crippen MR) is 338 cm³/mol. The summed E-state index contributed by atoms with van der Waals surface area (Å²) >= 11 is 0. The third-order valence-electron chi connectivity index (χ3n) is 15.8. The first-order valence-electron chi connectivity index (χ1n) is 34.4. The van der Waals surface area contributed by atoms with Crippen molar-refractivity contribution in [3.63, 3.8) is 0 Å². The molecule has 6 nitrogen and oxygen atoms in total. The Balaban J connectivity index is 3.41. The van der Waals surface area contributed by atoms with Crippen molar-refractivity contribution in [1.82, 2.24) is 5.32 Å². The molecule has 0 saturated heterocycles. The molecular formula is C71H133NO5. The van der Waals surface area contributed by atoms with E-state index in [-0.39, 0.29) is 18.5 Å². The number of ether oxygens (including phenoxy) is 1. The van der Waals surface area contributed by atoms with Gasteiger partial charge in [-0.05, 0) is 89.9 Å². The van der Waals surface area contributed by atoms with Gasteiger partial charge in [-0.1, -0.05) is 313 Å². The summed E-state index contributed by atoms with van der Waals surface area (Å²) in [5.41, 5.74) is 0. The molecule has 3 N–H and O–H groups in total. The molecule has 0 aromatic carbocycles. The SMILES string of the molecule is CCCCCCC/C=C\CCCCCCCC(=O)OCCCCCCCCCCC/C=C\C/C=C\CCCCCCCCCCCCCCCCCC(=O)NC(CO)C(O)/C=C/CCCCCCCCCCCCCCC. The zero-order valence-electron chi connectivity index (χ0n) is 51.7. The monoisotopic (exact) mass is 1080 g/mol. The van der Waals surface area contributed by atoms with E-state index in [1.165, 1.54) is 289 Å². The number of nitrogens with one attached hydrogen (secondary N) is 1. The van der Waals surface area contributed by atoms with Crippen LogP contribution in [0.3, 0.4) is 0 Å². The number of aliphatic hydroxyl groups excluding tert-OH is 2. The van der Waals surface area contributed by atoms with Gasteiger partial charge in [-0.25, -0.2) is 0 Å². The first-order chi connectivity index (χ1) is 38.0. The van der Waals surface area contributed by atoms with Gasteiger partial charge in [-0.15, -0.1) is 0 Å². The number of unbranched alkanes of at least 4 members (excludes halogenated alkanes) is 47. The number of rotatable bonds is 64. The third-order valence-corrected chi connectivity index (χ3v) is 15.8. The number of esters is 1. The summed E-state index contributed by atoms with van der Waals surface area (Å²) in [6.45, 7) is 4.91. The second kappa shape index (κ2) is 66.3. The molecule has 0 aliphatic heterocycles. The molecule has 77 heavy (non-hydrogen) atoms. The summed E-state index contributed by atoms with van der Waals surface area (Å²) in [5, 5.41) is 23.2. The predicted octanol–water partition coefficient (Wildman–Crippen LogP) is 22.1. The molecule has 0 saturated carbocycles. The summed E-state index contributed by atoms with van der Waals surface area (Å²) in [4.78, 5) is 24.5. The first kappa shape index (κ1) is 74.8. The molecule has 0 radical (unpaired) electrons. The Bertz CT molecular complexity index is 1290. The second-order valence-electron chi connectivity index (χ2n) is 23.5. The Morgan fingerprint density at radius 1 is 0.364 bits per heavy atom. The molecule has 2 atom stereocenters. The number of carbonyl (C=O) groups is 2. The van der Waals surface area contributed by atoms with E-state index < -0.39 is 12.1 Å². The Labute approximate surface area is 480 Å². The Morgan fingerprint density at radius 2 is 0.649 bits per heavy atom. The van der Waals surface area contributed by atoms with Gasteiger partial charge in [0.25, 0.3) is 0 Å². The number of allylic oxidation sites excluding steroid dienone is 7. The van der Waals surface area contributed by atoms with E-state index in [0.717, 1.165) is 51.4 Å². The topological polar surface area (TPSA) is 95.9 Å². The summed E-state index contributed by atoms with van der Waals surface area (Å²) < 4.78 is 5.48. The lowest BCUT2D eigenvalue weighted by molar-refractivity contribution is -0.143. The minimum absolute atomic E-state index is 0.00428. The highest BCUT2D eigenvalue weighted by Crippen LogP contribution is 2.17. The highest BCUT2D eigenvalue weighted by molar-refractivity contribution is 5.76. The smallest absolute Gasteiger partial charge is 0.305 e. The first-order valence-corrected chi connectivity index (χ1v) is 34.4. The number of hydrogen-bond acceptors (Lipinski definition) is 5. The minimum atomic E-state index is -0.844. The molecule has 0 bridgehead atoms. The fraction of sp³-hybridized carbons (Fsp3) is 0.859. The third kappa shape index (κ3) is 62.9. The van der Waals surface area contributed by atoms with Crippen LogP contribution in [0.5, 0.6) is 0 Å². The van der Waals surface area contributed by atoms with Crippen molar-refractivity contribution < 1.29 is 24.5 Å². The second-order valence-corrected chi connectivity index (χ2v) is 23.5. The zero-order valence-corrected chi connectivity index (χ0v) is 51.7. The molecule has 2 unspecified atom stereocenters. The molecule has 0 aromatic heterocycles. The van der Waals surface area contributed by atoms with Crippen molar-refractivity contribution in [1.29, 1.82) is 0 Å². The van der Waals surface area contributed by atoms with E-state index in [0.29, 0.717) is 19.4 Å². The van der Waals surface area contributed by atoms with Crippen molar-refractivity contribution in [2.75, 3.05) is 13.2 Å². The van der Waals surface area contributed by atoms with Crippen LogP contribution in [0.25, 0.3) is 0 Å². The molecule has 0 spiro atoms. The van der Waals surface area contributed by atoms with Crippen molar-refractivity contribution in [2.24, 2.45) is 0 Å². The normalized spacial score (nSPS) is 12.8. The lowest BCUT2D eigenvalue weighted by Gasteiger charge is -2.20. The van der Waals surface area contributed by atoms with Gasteiger partial charge >= 0.3 is 5.97 Å². The van der Waals surface area contributed by atoms with Gasteiger partial charge in [-0.2, -0.15) is 0 Å². The molecule has 0 aliphatic rings. The molecule has 0 aliphatic carbocycles. The van der Waals surface area contributed by atoms with Crippen molar-refractivity contribution in [3.05, 3.63) is 48.6 Å². The standard InChI is InChI=1S/C71H133NO5/c1-3-5-7-9-11-13-15-17-36-39-43-47-51-55-59-63-69(74)68(67-73)72-70(75)64-60-56-52-48-44-40-37-34-32-30-28-26-24-22-20-19-21-23-25-27-29-31-33-35-38-42-46-50-54-58-62-66-77-71(76)65-61-57-53-49-45-41-18-16-14-12-10-8-6-4-2/h16,18,21,23,27,29,59,63,68-69,73-74H,3-15,17,19-20,22,24-26,28,30-58,60-62,64-67H2,1-2H3,(H,72,75)/b18-16-,23-21-,29-27-,63-59+. The van der Waals surface area contributed by atoms with Gasteiger partial charge in [0.1, 0.15) is 0 Å². The average molecular weight is 1080 g/mol. The van der Waals surface area contributed by atoms with Crippen LogP contribution >= 0.6 is 0 Å². The van der Waals surface area contributed by atoms with Gasteiger partial charge < -0.3 is 20.3 Å². The molecule has 0 aromatic rings. The summed E-state index contributed by atoms with van der Waals surface area (Å²) in [5.74, 6) is -0.0616. The van der Waals surface area contributed by atoms with E-state index in [2.05, 4.69) is 55.6 Å². The lowest BCUT2D eigenvalue weighted by atomic mass is 10.0. The summed E-state index contributed by atoms with van der Waals surface area (Å²) in [7, 11) is 0. The maximum absolute atomic E-state index is 12.5. The Kier molecular flexibility index (Phi) is 64.5. The average Bonchev–Trinajstić information content (AvgIpc) is 3.43. The minimum Gasteiger partial charge on any atom is -0.466 e. The molecule has 452 valence electrons. The van der Waals surface area contributed by atoms with Crippen molar-refractivity contribution in [2.45, 2.75) is 379 Å². The van der Waals surface area contributed by atoms with Gasteiger partial charge in [-0.3, -0.25) is 9.59 Å². The summed E-state index contributed by atoms with van der Waals surface area (Å²) in [6, 6.07) is -0.628. The van der Waals surface area contributed by atoms with Crippen molar-refractivity contribution >= 4 is 11.9 Å². The van der Waals surface area contributed by atoms with E-state index in [1.807, 2.05) is 6.08 Å². The maximum Gasteiger partial charge on any atom is 0.305 e. The van der Waals surface area contributed by atoms with Gasteiger partial charge in [0.05, 0.1) is 25.4 Å². The quantitative estimate of drug-likeness (QED) is 0.0320. The number of hydrogen-bond donors (Lipinski definition) is 3. The Morgan fingerprint density at radius 3 is 1.00 bits per heavy atom. The zero-order chi connectivity index (χ0) is 55.7. The fourth-order valence-corrected chi connectivity index (χ4v) is 10.5. The van der Waals surface area contributed by atoms with Crippen LogP contribution < -0.4 is 5.32 Å². The molecular weight excluding hydrogens is 947 g/mol. The van der Waals surface area contributed by atoms with Crippen LogP contribution in [0.15, 0.2) is 48.6 Å². The van der Waals surface area contributed by atoms with E-state index in [1.54, 1.807) is 6.08 Å². The number of amides is 1.